The number of nitrogens with zero attached hydrogens (tertiary/aromatic N) is 3. The molecule has 1 aromatic carbocycles. The lowest BCUT2D eigenvalue weighted by Gasteiger charge is -2.35. The molecule has 1 atom stereocenters. The van der Waals surface area contributed by atoms with E-state index >= 15 is 0 Å². The van der Waals surface area contributed by atoms with Gasteiger partial charge in [0, 0.05) is 31.3 Å². The molecule has 0 saturated carbocycles. The van der Waals surface area contributed by atoms with E-state index in [4.69, 9.17) is 11.6 Å². The normalized spacial score (nSPS) is 16.8. The molecule has 128 valence electrons. The highest BCUT2D eigenvalue weighted by Gasteiger charge is 2.29. The third-order valence-corrected chi connectivity index (χ3v) is 4.87. The first-order chi connectivity index (χ1) is 11.5. The van der Waals surface area contributed by atoms with Gasteiger partial charge in [0.2, 0.25) is 5.91 Å². The molecule has 1 unspecified atom stereocenters. The molecule has 1 aliphatic rings. The average molecular weight is 350 g/mol. The molecule has 1 aromatic heterocycles. The Labute approximate surface area is 146 Å². The van der Waals surface area contributed by atoms with Crippen LogP contribution in [0.15, 0.2) is 24.4 Å². The van der Waals surface area contributed by atoms with E-state index in [1.807, 2.05) is 26.1 Å². The summed E-state index contributed by atoms with van der Waals surface area (Å²) in [6, 6.07) is 4.98. The van der Waals surface area contributed by atoms with Gasteiger partial charge in [-0.15, -0.1) is 11.6 Å². The summed E-state index contributed by atoms with van der Waals surface area (Å²) in [7, 11) is 0. The zero-order valence-electron chi connectivity index (χ0n) is 13.9. The summed E-state index contributed by atoms with van der Waals surface area (Å²) in [5.74, 6) is 0.505. The van der Waals surface area contributed by atoms with E-state index in [0.717, 1.165) is 29.9 Å². The number of hydrogen-bond acceptors (Lipinski definition) is 2. The molecule has 3 rings (SSSR count). The lowest BCUT2D eigenvalue weighted by atomic mass is 10.0. The number of halogens is 2. The maximum atomic E-state index is 14.2. The molecule has 0 N–H and O–H groups in total. The molecule has 2 aromatic rings. The van der Waals surface area contributed by atoms with Gasteiger partial charge in [-0.2, -0.15) is 0 Å². The number of alkyl halides is 1. The number of aryl methyl sites for hydroxylation is 3. The highest BCUT2D eigenvalue weighted by atomic mass is 35.5. The van der Waals surface area contributed by atoms with Crippen LogP contribution in [0.2, 0.25) is 0 Å². The van der Waals surface area contributed by atoms with Crippen molar-refractivity contribution in [2.75, 3.05) is 5.88 Å². The van der Waals surface area contributed by atoms with Gasteiger partial charge in [-0.05, 0) is 31.9 Å². The van der Waals surface area contributed by atoms with Crippen molar-refractivity contribution in [2.45, 2.75) is 45.8 Å². The van der Waals surface area contributed by atoms with Crippen molar-refractivity contribution in [3.63, 3.8) is 0 Å². The summed E-state index contributed by atoms with van der Waals surface area (Å²) in [6.07, 6.45) is 3.62. The number of rotatable bonds is 4. The van der Waals surface area contributed by atoms with Gasteiger partial charge >= 0.3 is 0 Å². The Morgan fingerprint density at radius 3 is 2.96 bits per heavy atom. The molecule has 0 aliphatic carbocycles. The standard InChI is InChI=1S/C18H21ClFN3O/c1-12-4-3-5-16(20)15(12)11-23(18(24)8-19)14-6-7-17-21-13(2)9-22(17)10-14/h3-5,9,14H,6-8,10-11H2,1-2H3. The smallest absolute Gasteiger partial charge is 0.238 e. The summed E-state index contributed by atoms with van der Waals surface area (Å²) in [5.41, 5.74) is 2.38. The molecule has 0 spiro atoms. The quantitative estimate of drug-likeness (QED) is 0.795. The Morgan fingerprint density at radius 2 is 2.25 bits per heavy atom. The van der Waals surface area contributed by atoms with Gasteiger partial charge in [0.25, 0.3) is 0 Å². The first-order valence-corrected chi connectivity index (χ1v) is 8.65. The third kappa shape index (κ3) is 3.31. The molecule has 1 amide bonds. The molecule has 0 bridgehead atoms. The number of imidazole rings is 1. The molecule has 6 heteroatoms. The largest absolute Gasteiger partial charge is 0.333 e. The van der Waals surface area contributed by atoms with E-state index in [2.05, 4.69) is 9.55 Å². The maximum Gasteiger partial charge on any atom is 0.238 e. The first-order valence-electron chi connectivity index (χ1n) is 8.11. The summed E-state index contributed by atoms with van der Waals surface area (Å²) in [4.78, 5) is 18.6. The van der Waals surface area contributed by atoms with Crippen LogP contribution in [0.4, 0.5) is 4.39 Å². The second kappa shape index (κ2) is 6.93. The minimum Gasteiger partial charge on any atom is -0.333 e. The number of aromatic nitrogens is 2. The average Bonchev–Trinajstić information content (AvgIpc) is 2.93. The molecule has 1 aliphatic heterocycles. The molecular weight excluding hydrogens is 329 g/mol. The Bertz CT molecular complexity index is 738. The molecule has 0 radical (unpaired) electrons. The third-order valence-electron chi connectivity index (χ3n) is 4.65. The van der Waals surface area contributed by atoms with Crippen molar-refractivity contribution in [1.82, 2.24) is 14.5 Å². The van der Waals surface area contributed by atoms with Crippen LogP contribution in [0.1, 0.15) is 29.1 Å². The van der Waals surface area contributed by atoms with E-state index in [9.17, 15) is 9.18 Å². The van der Waals surface area contributed by atoms with Gasteiger partial charge < -0.3 is 9.47 Å². The number of fused-ring (bicyclic) bond motifs is 1. The Hall–Kier alpha value is -1.88. The van der Waals surface area contributed by atoms with Gasteiger partial charge in [-0.3, -0.25) is 4.79 Å². The number of hydrogen-bond donors (Lipinski definition) is 0. The monoisotopic (exact) mass is 349 g/mol. The van der Waals surface area contributed by atoms with E-state index < -0.39 is 0 Å². The summed E-state index contributed by atoms with van der Waals surface area (Å²) >= 11 is 5.81. The van der Waals surface area contributed by atoms with Crippen LogP contribution >= 0.6 is 11.6 Å². The summed E-state index contributed by atoms with van der Waals surface area (Å²) in [6.45, 7) is 4.74. The molecule has 0 fully saturated rings. The van der Waals surface area contributed by atoms with Crippen LogP contribution in [0.25, 0.3) is 0 Å². The predicted molar refractivity (Wildman–Crippen MR) is 91.5 cm³/mol. The van der Waals surface area contributed by atoms with Crippen molar-refractivity contribution < 1.29 is 9.18 Å². The zero-order valence-corrected chi connectivity index (χ0v) is 14.7. The number of carbonyl (C=O) groups excluding carboxylic acids is 1. The van der Waals surface area contributed by atoms with Crippen molar-refractivity contribution in [2.24, 2.45) is 0 Å². The SMILES string of the molecule is Cc1cn2c(n1)CCC(N(Cc1c(C)cccc1F)C(=O)CCl)C2. The lowest BCUT2D eigenvalue weighted by molar-refractivity contribution is -0.132. The minimum absolute atomic E-state index is 0.00337. The van der Waals surface area contributed by atoms with Crippen LogP contribution in [0, 0.1) is 19.7 Å². The topological polar surface area (TPSA) is 38.1 Å². The van der Waals surface area contributed by atoms with E-state index in [1.165, 1.54) is 6.07 Å². The molecule has 2 heterocycles. The molecule has 4 nitrogen and oxygen atoms in total. The summed E-state index contributed by atoms with van der Waals surface area (Å²) < 4.78 is 16.3. The van der Waals surface area contributed by atoms with Gasteiger partial charge in [0.15, 0.2) is 0 Å². The van der Waals surface area contributed by atoms with E-state index in [1.54, 1.807) is 11.0 Å². The maximum absolute atomic E-state index is 14.2. The molecule has 24 heavy (non-hydrogen) atoms. The van der Waals surface area contributed by atoms with Crippen LogP contribution < -0.4 is 0 Å². The fourth-order valence-electron chi connectivity index (χ4n) is 3.36. The summed E-state index contributed by atoms with van der Waals surface area (Å²) in [5, 5.41) is 0. The van der Waals surface area contributed by atoms with Gasteiger partial charge in [0.05, 0.1) is 11.7 Å². The van der Waals surface area contributed by atoms with Crippen molar-refractivity contribution >= 4 is 17.5 Å². The molecule has 0 saturated heterocycles. The first kappa shape index (κ1) is 17.0. The van der Waals surface area contributed by atoms with Crippen LogP contribution in [0.5, 0.6) is 0 Å². The van der Waals surface area contributed by atoms with Crippen LogP contribution in [-0.4, -0.2) is 32.3 Å². The Kier molecular flexibility index (Phi) is 4.90. The van der Waals surface area contributed by atoms with Crippen LogP contribution in [-0.2, 0) is 24.3 Å². The highest BCUT2D eigenvalue weighted by Crippen LogP contribution is 2.23. The van der Waals surface area contributed by atoms with Crippen LogP contribution in [0.3, 0.4) is 0 Å². The fourth-order valence-corrected chi connectivity index (χ4v) is 3.51. The van der Waals surface area contributed by atoms with Crippen molar-refractivity contribution in [1.29, 1.82) is 0 Å². The predicted octanol–water partition coefficient (Wildman–Crippen LogP) is 3.22. The van der Waals surface area contributed by atoms with Gasteiger partial charge in [-0.1, -0.05) is 12.1 Å². The molecular formula is C18H21ClFN3O. The minimum atomic E-state index is -0.280. The number of carbonyl (C=O) groups is 1. The van der Waals surface area contributed by atoms with Gasteiger partial charge in [-0.25, -0.2) is 9.37 Å². The Balaban J connectivity index is 1.86. The highest BCUT2D eigenvalue weighted by molar-refractivity contribution is 6.27. The Morgan fingerprint density at radius 1 is 1.46 bits per heavy atom. The number of benzene rings is 1. The fraction of sp³-hybridized carbons (Fsp3) is 0.444. The van der Waals surface area contributed by atoms with E-state index in [0.29, 0.717) is 12.1 Å². The second-order valence-electron chi connectivity index (χ2n) is 6.33. The van der Waals surface area contributed by atoms with E-state index in [-0.39, 0.29) is 30.2 Å². The second-order valence-corrected chi connectivity index (χ2v) is 6.60. The zero-order chi connectivity index (χ0) is 17.3. The van der Waals surface area contributed by atoms with Crippen molar-refractivity contribution in [3.8, 4) is 0 Å². The lowest BCUT2D eigenvalue weighted by Crippen LogP contribution is -2.45. The number of amides is 1. The van der Waals surface area contributed by atoms with Crippen molar-refractivity contribution in [3.05, 3.63) is 52.9 Å². The van der Waals surface area contributed by atoms with Gasteiger partial charge in [0.1, 0.15) is 17.5 Å².